The smallest absolute Gasteiger partial charge is 0.291 e. The molecule has 2 amide bonds. The molecule has 166 valence electrons. The van der Waals surface area contributed by atoms with E-state index in [1.54, 1.807) is 41.3 Å². The number of amides is 2. The summed E-state index contributed by atoms with van der Waals surface area (Å²) in [5, 5.41) is 2.78. The van der Waals surface area contributed by atoms with E-state index in [4.69, 9.17) is 13.9 Å². The third-order valence-electron chi connectivity index (χ3n) is 5.32. The molecule has 0 spiro atoms. The summed E-state index contributed by atoms with van der Waals surface area (Å²) < 4.78 is 16.6. The highest BCUT2D eigenvalue weighted by atomic mass is 16.5. The molecule has 1 N–H and O–H groups in total. The van der Waals surface area contributed by atoms with Gasteiger partial charge in [0.15, 0.2) is 17.3 Å². The monoisotopic (exact) mass is 434 g/mol. The summed E-state index contributed by atoms with van der Waals surface area (Å²) in [4.78, 5) is 27.6. The number of para-hydroxylation sites is 1. The number of nitrogens with zero attached hydrogens (tertiary/aromatic N) is 1. The predicted molar refractivity (Wildman–Crippen MR) is 120 cm³/mol. The van der Waals surface area contributed by atoms with Crippen LogP contribution in [0.25, 0.3) is 0 Å². The summed E-state index contributed by atoms with van der Waals surface area (Å²) in [5.41, 5.74) is 3.08. The van der Waals surface area contributed by atoms with E-state index < -0.39 is 5.91 Å². The zero-order chi connectivity index (χ0) is 22.5. The summed E-state index contributed by atoms with van der Waals surface area (Å²) in [6, 6.07) is 14.2. The molecule has 0 aliphatic carbocycles. The Kier molecular flexibility index (Phi) is 6.44. The number of ether oxygens (including phenoxy) is 2. The zero-order valence-corrected chi connectivity index (χ0v) is 18.2. The molecule has 2 aromatic carbocycles. The molecule has 0 saturated carbocycles. The molecular formula is C25H26N2O5. The maximum absolute atomic E-state index is 13.4. The number of carbonyl (C=O) groups is 2. The van der Waals surface area contributed by atoms with E-state index >= 15 is 0 Å². The number of nitrogens with one attached hydrogen (secondary N) is 1. The lowest BCUT2D eigenvalue weighted by molar-refractivity contribution is 0.0735. The molecule has 2 heterocycles. The number of carbonyl (C=O) groups excluding carboxylic acids is 2. The van der Waals surface area contributed by atoms with E-state index in [-0.39, 0.29) is 11.7 Å². The van der Waals surface area contributed by atoms with Crippen molar-refractivity contribution in [2.45, 2.75) is 26.8 Å². The van der Waals surface area contributed by atoms with Gasteiger partial charge in [-0.2, -0.15) is 0 Å². The number of furan rings is 1. The van der Waals surface area contributed by atoms with Gasteiger partial charge < -0.3 is 24.1 Å². The average Bonchev–Trinajstić information content (AvgIpc) is 3.35. The van der Waals surface area contributed by atoms with Gasteiger partial charge in [-0.25, -0.2) is 0 Å². The second-order valence-corrected chi connectivity index (χ2v) is 7.39. The molecule has 0 radical (unpaired) electrons. The molecule has 7 heteroatoms. The van der Waals surface area contributed by atoms with Crippen LogP contribution >= 0.6 is 0 Å². The Morgan fingerprint density at radius 1 is 1.00 bits per heavy atom. The lowest BCUT2D eigenvalue weighted by Gasteiger charge is -2.30. The van der Waals surface area contributed by atoms with Gasteiger partial charge in [0.1, 0.15) is 0 Å². The highest BCUT2D eigenvalue weighted by molar-refractivity contribution is 6.07. The Labute approximate surface area is 186 Å². The topological polar surface area (TPSA) is 81.0 Å². The minimum absolute atomic E-state index is 0.141. The molecule has 7 nitrogen and oxygen atoms in total. The van der Waals surface area contributed by atoms with Crippen LogP contribution in [0, 0.1) is 0 Å². The molecule has 1 aromatic heterocycles. The maximum atomic E-state index is 13.4. The van der Waals surface area contributed by atoms with Gasteiger partial charge in [-0.3, -0.25) is 9.59 Å². The van der Waals surface area contributed by atoms with Gasteiger partial charge in [0.25, 0.3) is 11.8 Å². The number of rotatable bonds is 7. The van der Waals surface area contributed by atoms with Crippen LogP contribution in [0.2, 0.25) is 0 Å². The van der Waals surface area contributed by atoms with Gasteiger partial charge in [0.2, 0.25) is 0 Å². The van der Waals surface area contributed by atoms with Crippen molar-refractivity contribution in [3.8, 4) is 11.5 Å². The number of hydrogen-bond donors (Lipinski definition) is 1. The van der Waals surface area contributed by atoms with Crippen LogP contribution < -0.4 is 14.8 Å². The second-order valence-electron chi connectivity index (χ2n) is 7.39. The largest absolute Gasteiger partial charge is 0.490 e. The Bertz CT molecular complexity index is 1110. The van der Waals surface area contributed by atoms with Crippen molar-refractivity contribution in [3.63, 3.8) is 0 Å². The van der Waals surface area contributed by atoms with E-state index in [1.807, 2.05) is 26.0 Å². The molecule has 4 rings (SSSR count). The van der Waals surface area contributed by atoms with Crippen LogP contribution in [0.4, 0.5) is 5.69 Å². The van der Waals surface area contributed by atoms with E-state index in [1.165, 1.54) is 6.26 Å². The summed E-state index contributed by atoms with van der Waals surface area (Å²) in [7, 11) is 0. The van der Waals surface area contributed by atoms with Crippen LogP contribution in [0.15, 0.2) is 59.2 Å². The fraction of sp³-hybridized carbons (Fsp3) is 0.280. The van der Waals surface area contributed by atoms with Crippen LogP contribution in [0.3, 0.4) is 0 Å². The van der Waals surface area contributed by atoms with Crippen molar-refractivity contribution in [2.75, 3.05) is 25.1 Å². The van der Waals surface area contributed by atoms with Crippen molar-refractivity contribution in [3.05, 3.63) is 77.2 Å². The molecule has 0 fully saturated rings. The van der Waals surface area contributed by atoms with E-state index in [0.717, 1.165) is 16.9 Å². The third-order valence-corrected chi connectivity index (χ3v) is 5.32. The van der Waals surface area contributed by atoms with Crippen LogP contribution in [0.1, 0.15) is 45.9 Å². The Morgan fingerprint density at radius 2 is 1.72 bits per heavy atom. The summed E-state index contributed by atoms with van der Waals surface area (Å²) in [6.45, 7) is 6.00. The third kappa shape index (κ3) is 4.46. The molecule has 3 aromatic rings. The minimum Gasteiger partial charge on any atom is -0.490 e. The van der Waals surface area contributed by atoms with E-state index in [2.05, 4.69) is 5.32 Å². The Hall–Kier alpha value is -3.74. The maximum Gasteiger partial charge on any atom is 0.291 e. The second kappa shape index (κ2) is 9.60. The zero-order valence-electron chi connectivity index (χ0n) is 18.2. The summed E-state index contributed by atoms with van der Waals surface area (Å²) in [6.07, 6.45) is 2.15. The quantitative estimate of drug-likeness (QED) is 0.591. The lowest BCUT2D eigenvalue weighted by Crippen LogP contribution is -2.36. The Balaban J connectivity index is 1.56. The van der Waals surface area contributed by atoms with Crippen LogP contribution in [0.5, 0.6) is 11.5 Å². The van der Waals surface area contributed by atoms with Gasteiger partial charge in [-0.1, -0.05) is 12.1 Å². The molecular weight excluding hydrogens is 408 g/mol. The van der Waals surface area contributed by atoms with Crippen LogP contribution in [-0.2, 0) is 13.0 Å². The van der Waals surface area contributed by atoms with Crippen molar-refractivity contribution in [1.29, 1.82) is 0 Å². The molecule has 1 aliphatic rings. The van der Waals surface area contributed by atoms with Gasteiger partial charge in [-0.05, 0) is 67.8 Å². The first-order valence-electron chi connectivity index (χ1n) is 10.7. The van der Waals surface area contributed by atoms with Gasteiger partial charge >= 0.3 is 0 Å². The van der Waals surface area contributed by atoms with Gasteiger partial charge in [0, 0.05) is 13.1 Å². The highest BCUT2D eigenvalue weighted by Crippen LogP contribution is 2.34. The fourth-order valence-corrected chi connectivity index (χ4v) is 3.81. The molecule has 0 bridgehead atoms. The standard InChI is InChI=1S/C25H26N2O5/c1-3-30-22-14-17-11-12-27(16-18(17)15-23(22)31-4-2)25(29)19-8-5-6-9-20(19)26-24(28)21-10-7-13-32-21/h5-10,13-15H,3-4,11-12,16H2,1-2H3,(H,26,28). The number of benzene rings is 2. The van der Waals surface area contributed by atoms with Crippen molar-refractivity contribution in [1.82, 2.24) is 4.90 Å². The molecule has 0 unspecified atom stereocenters. The highest BCUT2D eigenvalue weighted by Gasteiger charge is 2.26. The number of hydrogen-bond acceptors (Lipinski definition) is 5. The van der Waals surface area contributed by atoms with E-state index in [0.29, 0.717) is 49.7 Å². The first-order valence-corrected chi connectivity index (χ1v) is 10.7. The number of fused-ring (bicyclic) bond motifs is 1. The number of anilines is 1. The predicted octanol–water partition coefficient (Wildman–Crippen LogP) is 4.53. The fourth-order valence-electron chi connectivity index (χ4n) is 3.81. The average molecular weight is 434 g/mol. The van der Waals surface area contributed by atoms with E-state index in [9.17, 15) is 9.59 Å². The first-order chi connectivity index (χ1) is 15.6. The van der Waals surface area contributed by atoms with Crippen molar-refractivity contribution in [2.24, 2.45) is 0 Å². The first kappa shape index (κ1) is 21.5. The van der Waals surface area contributed by atoms with Crippen LogP contribution in [-0.4, -0.2) is 36.5 Å². The molecule has 32 heavy (non-hydrogen) atoms. The SMILES string of the molecule is CCOc1cc2c(cc1OCC)CN(C(=O)c1ccccc1NC(=O)c1ccco1)CC2. The molecule has 0 atom stereocenters. The Morgan fingerprint density at radius 3 is 2.41 bits per heavy atom. The van der Waals surface area contributed by atoms with Crippen molar-refractivity contribution < 1.29 is 23.5 Å². The molecule has 1 aliphatic heterocycles. The van der Waals surface area contributed by atoms with Gasteiger partial charge in [0.05, 0.1) is 30.7 Å². The summed E-state index contributed by atoms with van der Waals surface area (Å²) in [5.74, 6) is 1.07. The normalized spacial score (nSPS) is 12.8. The summed E-state index contributed by atoms with van der Waals surface area (Å²) >= 11 is 0. The minimum atomic E-state index is -0.399. The lowest BCUT2D eigenvalue weighted by atomic mass is 9.98. The van der Waals surface area contributed by atoms with Gasteiger partial charge in [-0.15, -0.1) is 0 Å². The van der Waals surface area contributed by atoms with Crippen molar-refractivity contribution >= 4 is 17.5 Å². The molecule has 0 saturated heterocycles.